The fourth-order valence-corrected chi connectivity index (χ4v) is 4.93. The molecule has 0 atom stereocenters. The maximum absolute atomic E-state index is 13.5. The monoisotopic (exact) mass is 445 g/mol. The molecule has 0 unspecified atom stereocenters. The van der Waals surface area contributed by atoms with Gasteiger partial charge >= 0.3 is 0 Å². The number of imidazole rings is 1. The van der Waals surface area contributed by atoms with Crippen LogP contribution in [0.25, 0.3) is 11.2 Å². The second kappa shape index (κ2) is 8.96. The number of pyridine rings is 1. The van der Waals surface area contributed by atoms with E-state index < -0.39 is 0 Å². The zero-order valence-electron chi connectivity index (χ0n) is 19.5. The average Bonchev–Trinajstić information content (AvgIpc) is 3.02. The van der Waals surface area contributed by atoms with E-state index in [9.17, 15) is 9.59 Å². The molecule has 0 radical (unpaired) electrons. The van der Waals surface area contributed by atoms with Crippen LogP contribution in [0, 0.1) is 6.92 Å². The quantitative estimate of drug-likeness (QED) is 0.617. The lowest BCUT2D eigenvalue weighted by atomic mass is 10.1. The second-order valence-electron chi connectivity index (χ2n) is 9.11. The fourth-order valence-electron chi connectivity index (χ4n) is 4.93. The van der Waals surface area contributed by atoms with Crippen LogP contribution in [0.15, 0.2) is 30.3 Å². The summed E-state index contributed by atoms with van der Waals surface area (Å²) in [7, 11) is 0. The first-order valence-corrected chi connectivity index (χ1v) is 12.1. The van der Waals surface area contributed by atoms with Crippen molar-refractivity contribution in [2.75, 3.05) is 26.2 Å². The van der Waals surface area contributed by atoms with Crippen LogP contribution in [-0.2, 0) is 19.4 Å². The van der Waals surface area contributed by atoms with Crippen LogP contribution in [0.1, 0.15) is 64.0 Å². The summed E-state index contributed by atoms with van der Waals surface area (Å²) in [6, 6.07) is 9.69. The number of piperazine rings is 1. The predicted octanol–water partition coefficient (Wildman–Crippen LogP) is 3.63. The minimum atomic E-state index is -0.0156. The number of amides is 2. The number of hydrogen-bond donors (Lipinski definition) is 0. The number of hydrogen-bond acceptors (Lipinski definition) is 4. The molecular formula is C26H31N5O2. The van der Waals surface area contributed by atoms with Crippen LogP contribution in [0.4, 0.5) is 0 Å². The number of benzene rings is 1. The maximum atomic E-state index is 13.5. The molecule has 33 heavy (non-hydrogen) atoms. The van der Waals surface area contributed by atoms with Crippen molar-refractivity contribution in [3.05, 3.63) is 58.5 Å². The molecule has 0 aliphatic carbocycles. The van der Waals surface area contributed by atoms with E-state index in [0.29, 0.717) is 37.3 Å². The van der Waals surface area contributed by atoms with Crippen molar-refractivity contribution in [3.63, 3.8) is 0 Å². The van der Waals surface area contributed by atoms with E-state index in [1.165, 1.54) is 12.0 Å². The number of carbonyl (C=O) groups is 2. The molecule has 0 saturated carbocycles. The lowest BCUT2D eigenvalue weighted by Gasteiger charge is -2.35. The summed E-state index contributed by atoms with van der Waals surface area (Å²) in [5.74, 6) is 1.06. The van der Waals surface area contributed by atoms with E-state index in [0.717, 1.165) is 54.9 Å². The van der Waals surface area contributed by atoms with Crippen molar-refractivity contribution >= 4 is 23.0 Å². The third-order valence-electron chi connectivity index (χ3n) is 6.89. The number of fused-ring (bicyclic) bond motifs is 3. The predicted molar refractivity (Wildman–Crippen MR) is 127 cm³/mol. The van der Waals surface area contributed by atoms with Crippen LogP contribution in [0.2, 0.25) is 0 Å². The summed E-state index contributed by atoms with van der Waals surface area (Å²) in [6.45, 7) is 7.07. The summed E-state index contributed by atoms with van der Waals surface area (Å²) in [5.41, 5.74) is 4.95. The third-order valence-corrected chi connectivity index (χ3v) is 6.89. The number of carbonyl (C=O) groups excluding carboxylic acids is 2. The SMILES string of the molecule is CCc1ccc(C(=O)N2CCN(C(=O)c3cc(C)nc4c3nc3n4CCCCC3)CC2)cc1. The average molecular weight is 446 g/mol. The van der Waals surface area contributed by atoms with Crippen molar-refractivity contribution in [2.24, 2.45) is 0 Å². The molecule has 172 valence electrons. The third kappa shape index (κ3) is 4.12. The van der Waals surface area contributed by atoms with Gasteiger partial charge in [-0.2, -0.15) is 0 Å². The molecule has 0 spiro atoms. The summed E-state index contributed by atoms with van der Waals surface area (Å²) in [6.07, 6.45) is 5.34. The Bertz CT molecular complexity index is 1190. The van der Waals surface area contributed by atoms with Crippen LogP contribution in [-0.4, -0.2) is 62.3 Å². The van der Waals surface area contributed by atoms with Gasteiger partial charge in [-0.1, -0.05) is 25.5 Å². The van der Waals surface area contributed by atoms with Gasteiger partial charge < -0.3 is 14.4 Å². The molecule has 2 aliphatic heterocycles. The van der Waals surface area contributed by atoms with Gasteiger partial charge in [-0.25, -0.2) is 9.97 Å². The van der Waals surface area contributed by atoms with Gasteiger partial charge in [0.05, 0.1) is 5.56 Å². The lowest BCUT2D eigenvalue weighted by molar-refractivity contribution is 0.0536. The molecule has 1 saturated heterocycles. The highest BCUT2D eigenvalue weighted by molar-refractivity contribution is 6.04. The number of rotatable bonds is 3. The molecule has 1 aromatic carbocycles. The highest BCUT2D eigenvalue weighted by Crippen LogP contribution is 2.25. The van der Waals surface area contributed by atoms with Crippen LogP contribution < -0.4 is 0 Å². The highest BCUT2D eigenvalue weighted by atomic mass is 16.2. The number of nitrogens with zero attached hydrogens (tertiary/aromatic N) is 5. The van der Waals surface area contributed by atoms with E-state index in [1.807, 2.05) is 47.1 Å². The van der Waals surface area contributed by atoms with Gasteiger partial charge in [0.25, 0.3) is 11.8 Å². The minimum absolute atomic E-state index is 0.0156. The standard InChI is InChI=1S/C26H31N5O2/c1-3-19-8-10-20(11-9-19)25(32)29-13-15-30(16-14-29)26(33)21-17-18(2)27-24-23(21)28-22-7-5-4-6-12-31(22)24/h8-11,17H,3-7,12-16H2,1-2H3. The fraction of sp³-hybridized carbons (Fsp3) is 0.462. The van der Waals surface area contributed by atoms with Crippen molar-refractivity contribution in [3.8, 4) is 0 Å². The summed E-state index contributed by atoms with van der Waals surface area (Å²) < 4.78 is 2.20. The van der Waals surface area contributed by atoms with Crippen molar-refractivity contribution in [1.29, 1.82) is 0 Å². The summed E-state index contributed by atoms with van der Waals surface area (Å²) >= 11 is 0. The molecule has 5 rings (SSSR count). The van der Waals surface area contributed by atoms with Gasteiger partial charge in [0.1, 0.15) is 11.3 Å². The Morgan fingerprint density at radius 2 is 1.58 bits per heavy atom. The molecule has 7 heteroatoms. The topological polar surface area (TPSA) is 71.3 Å². The molecule has 1 fully saturated rings. The van der Waals surface area contributed by atoms with E-state index in [1.54, 1.807) is 0 Å². The largest absolute Gasteiger partial charge is 0.335 e. The van der Waals surface area contributed by atoms with Crippen LogP contribution >= 0.6 is 0 Å². The molecule has 3 aromatic rings. The Kier molecular flexibility index (Phi) is 5.87. The Labute approximate surface area is 194 Å². The Balaban J connectivity index is 1.33. The van der Waals surface area contributed by atoms with E-state index in [2.05, 4.69) is 11.5 Å². The van der Waals surface area contributed by atoms with Gasteiger partial charge in [0.2, 0.25) is 0 Å². The zero-order chi connectivity index (χ0) is 22.9. The molecule has 2 aliphatic rings. The van der Waals surface area contributed by atoms with Gasteiger partial charge in [-0.15, -0.1) is 0 Å². The van der Waals surface area contributed by atoms with Gasteiger partial charge in [-0.05, 0) is 49.9 Å². The molecule has 0 N–H and O–H groups in total. The first-order chi connectivity index (χ1) is 16.0. The minimum Gasteiger partial charge on any atom is -0.335 e. The van der Waals surface area contributed by atoms with Crippen molar-refractivity contribution in [1.82, 2.24) is 24.3 Å². The first kappa shape index (κ1) is 21.6. The lowest BCUT2D eigenvalue weighted by Crippen LogP contribution is -2.50. The van der Waals surface area contributed by atoms with E-state index in [4.69, 9.17) is 9.97 Å². The van der Waals surface area contributed by atoms with Crippen LogP contribution in [0.3, 0.4) is 0 Å². The summed E-state index contributed by atoms with van der Waals surface area (Å²) in [5, 5.41) is 0. The van der Waals surface area contributed by atoms with Crippen molar-refractivity contribution < 1.29 is 9.59 Å². The van der Waals surface area contributed by atoms with Gasteiger partial charge in [-0.3, -0.25) is 9.59 Å². The molecule has 0 bridgehead atoms. The Hall–Kier alpha value is -3.22. The maximum Gasteiger partial charge on any atom is 0.256 e. The Morgan fingerprint density at radius 3 is 2.27 bits per heavy atom. The molecule has 2 amide bonds. The highest BCUT2D eigenvalue weighted by Gasteiger charge is 2.28. The van der Waals surface area contributed by atoms with Gasteiger partial charge in [0.15, 0.2) is 5.65 Å². The van der Waals surface area contributed by atoms with E-state index >= 15 is 0 Å². The smallest absolute Gasteiger partial charge is 0.256 e. The van der Waals surface area contributed by atoms with Crippen molar-refractivity contribution in [2.45, 2.75) is 52.5 Å². The number of aromatic nitrogens is 3. The summed E-state index contributed by atoms with van der Waals surface area (Å²) in [4.78, 5) is 39.7. The Morgan fingerprint density at radius 1 is 0.879 bits per heavy atom. The van der Waals surface area contributed by atoms with Gasteiger partial charge in [0, 0.05) is 50.4 Å². The molecular weight excluding hydrogens is 414 g/mol. The first-order valence-electron chi connectivity index (χ1n) is 12.1. The second-order valence-corrected chi connectivity index (χ2v) is 9.11. The zero-order valence-corrected chi connectivity index (χ0v) is 19.5. The number of aryl methyl sites for hydroxylation is 4. The normalized spacial score (nSPS) is 16.5. The molecule has 4 heterocycles. The van der Waals surface area contributed by atoms with Crippen LogP contribution in [0.5, 0.6) is 0 Å². The van der Waals surface area contributed by atoms with E-state index in [-0.39, 0.29) is 11.8 Å². The molecule has 7 nitrogen and oxygen atoms in total. The molecule has 2 aromatic heterocycles.